The zero-order valence-corrected chi connectivity index (χ0v) is 15.6. The Morgan fingerprint density at radius 2 is 1.66 bits per heavy atom. The molecule has 2 aromatic rings. The summed E-state index contributed by atoms with van der Waals surface area (Å²) in [5.74, 6) is -1.25. The summed E-state index contributed by atoms with van der Waals surface area (Å²) in [6.07, 6.45) is 0. The van der Waals surface area contributed by atoms with Crippen LogP contribution in [-0.4, -0.2) is 36.2 Å². The fraction of sp³-hybridized carbons (Fsp3) is 0.188. The smallest absolute Gasteiger partial charge is 0.321 e. The number of carboxylic acid groups (broad SMARTS) is 1. The second-order valence-electron chi connectivity index (χ2n) is 5.73. The molecule has 0 bridgehead atoms. The van der Waals surface area contributed by atoms with Gasteiger partial charge in [-0.25, -0.2) is 4.31 Å². The van der Waals surface area contributed by atoms with Gasteiger partial charge >= 0.3 is 5.97 Å². The lowest BCUT2D eigenvalue weighted by atomic mass is 10.1. The minimum atomic E-state index is -1.25. The van der Waals surface area contributed by atoms with E-state index in [9.17, 15) is 40.2 Å². The van der Waals surface area contributed by atoms with E-state index < -0.39 is 38.2 Å². The molecule has 0 radical (unpaired) electrons. The number of para-hydroxylation sites is 1. The van der Waals surface area contributed by atoms with Crippen molar-refractivity contribution in [1.29, 1.82) is 0 Å². The first kappa shape index (κ1) is 21.7. The molecule has 152 valence electrons. The highest BCUT2D eigenvalue weighted by Crippen LogP contribution is 2.37. The Labute approximate surface area is 167 Å². The van der Waals surface area contributed by atoms with Gasteiger partial charge in [0.15, 0.2) is 0 Å². The fourth-order valence-electron chi connectivity index (χ4n) is 2.33. The van der Waals surface area contributed by atoms with Crippen molar-refractivity contribution >= 4 is 35.0 Å². The molecule has 2 rings (SSSR count). The van der Waals surface area contributed by atoms with E-state index in [1.807, 2.05) is 0 Å². The SMILES string of the molecule is C[C@@H](C(=O)O)N(Cc1ccccc1[N+](=O)[O-])Sc1ccc([N+](=O)[O-])cc1[N+](=O)[O-]. The Morgan fingerprint density at radius 1 is 1.03 bits per heavy atom. The van der Waals surface area contributed by atoms with E-state index in [1.165, 1.54) is 29.4 Å². The number of nitro benzene ring substituents is 3. The van der Waals surface area contributed by atoms with E-state index in [1.54, 1.807) is 6.07 Å². The van der Waals surface area contributed by atoms with Crippen molar-refractivity contribution in [3.8, 4) is 0 Å². The molecule has 2 aromatic carbocycles. The monoisotopic (exact) mass is 422 g/mol. The Bertz CT molecular complexity index is 983. The average molecular weight is 422 g/mol. The van der Waals surface area contributed by atoms with Crippen LogP contribution in [0.15, 0.2) is 47.4 Å². The third kappa shape index (κ3) is 5.24. The van der Waals surface area contributed by atoms with Crippen LogP contribution in [0.3, 0.4) is 0 Å². The number of hydrogen-bond donors (Lipinski definition) is 1. The highest BCUT2D eigenvalue weighted by atomic mass is 32.2. The van der Waals surface area contributed by atoms with Crippen molar-refractivity contribution < 1.29 is 24.7 Å². The van der Waals surface area contributed by atoms with Gasteiger partial charge in [0.25, 0.3) is 17.1 Å². The van der Waals surface area contributed by atoms with E-state index in [4.69, 9.17) is 0 Å². The number of hydrogen-bond acceptors (Lipinski definition) is 9. The predicted octanol–water partition coefficient (Wildman–Crippen LogP) is 3.39. The van der Waals surface area contributed by atoms with Gasteiger partial charge in [-0.1, -0.05) is 18.2 Å². The molecule has 0 aromatic heterocycles. The summed E-state index contributed by atoms with van der Waals surface area (Å²) in [5.41, 5.74) is -1.08. The zero-order valence-electron chi connectivity index (χ0n) is 14.8. The highest BCUT2D eigenvalue weighted by Gasteiger charge is 2.28. The number of non-ortho nitro benzene ring substituents is 1. The number of nitrogens with zero attached hydrogens (tertiary/aromatic N) is 4. The maximum atomic E-state index is 11.5. The molecule has 0 aliphatic heterocycles. The third-order valence-corrected chi connectivity index (χ3v) is 5.09. The molecule has 0 aliphatic carbocycles. The first-order valence-electron chi connectivity index (χ1n) is 7.94. The van der Waals surface area contributed by atoms with Crippen molar-refractivity contribution in [2.75, 3.05) is 0 Å². The minimum Gasteiger partial charge on any atom is -0.480 e. The summed E-state index contributed by atoms with van der Waals surface area (Å²) < 4.78 is 1.22. The second kappa shape index (κ2) is 9.07. The summed E-state index contributed by atoms with van der Waals surface area (Å²) in [5, 5.41) is 42.8. The molecule has 0 heterocycles. The van der Waals surface area contributed by atoms with Crippen LogP contribution < -0.4 is 0 Å². The highest BCUT2D eigenvalue weighted by molar-refractivity contribution is 7.97. The van der Waals surface area contributed by atoms with Crippen LogP contribution in [0.25, 0.3) is 0 Å². The quantitative estimate of drug-likeness (QED) is 0.359. The number of rotatable bonds is 9. The Hall–Kier alpha value is -3.58. The summed E-state index contributed by atoms with van der Waals surface area (Å²) in [6.45, 7) is 1.12. The fourth-order valence-corrected chi connectivity index (χ4v) is 3.39. The van der Waals surface area contributed by atoms with Gasteiger partial charge in [0, 0.05) is 24.2 Å². The van der Waals surface area contributed by atoms with Gasteiger partial charge in [0.2, 0.25) is 0 Å². The number of aliphatic carboxylic acids is 1. The van der Waals surface area contributed by atoms with Crippen LogP contribution in [-0.2, 0) is 11.3 Å². The molecule has 1 atom stereocenters. The van der Waals surface area contributed by atoms with Crippen LogP contribution in [0.5, 0.6) is 0 Å². The summed E-state index contributed by atoms with van der Waals surface area (Å²) in [7, 11) is 0. The molecule has 0 spiro atoms. The molecule has 0 unspecified atom stereocenters. The number of benzene rings is 2. The predicted molar refractivity (Wildman–Crippen MR) is 101 cm³/mol. The topological polar surface area (TPSA) is 170 Å². The zero-order chi connectivity index (χ0) is 21.7. The minimum absolute atomic E-state index is 0.0349. The largest absolute Gasteiger partial charge is 0.480 e. The lowest BCUT2D eigenvalue weighted by Gasteiger charge is -2.24. The van der Waals surface area contributed by atoms with Crippen LogP contribution in [0.1, 0.15) is 12.5 Å². The van der Waals surface area contributed by atoms with E-state index >= 15 is 0 Å². The maximum Gasteiger partial charge on any atom is 0.321 e. The second-order valence-corrected chi connectivity index (χ2v) is 6.82. The van der Waals surface area contributed by atoms with Gasteiger partial charge in [0.05, 0.1) is 20.8 Å². The van der Waals surface area contributed by atoms with E-state index in [0.717, 1.165) is 18.2 Å². The van der Waals surface area contributed by atoms with Crippen molar-refractivity contribution in [1.82, 2.24) is 4.31 Å². The third-order valence-electron chi connectivity index (χ3n) is 3.87. The van der Waals surface area contributed by atoms with Crippen LogP contribution in [0, 0.1) is 30.3 Å². The molecule has 0 fully saturated rings. The molecule has 29 heavy (non-hydrogen) atoms. The molecule has 12 nitrogen and oxygen atoms in total. The Kier molecular flexibility index (Phi) is 6.80. The number of carboxylic acids is 1. The van der Waals surface area contributed by atoms with Crippen LogP contribution in [0.4, 0.5) is 17.1 Å². The van der Waals surface area contributed by atoms with Gasteiger partial charge in [-0.05, 0) is 24.9 Å². The number of nitro groups is 3. The van der Waals surface area contributed by atoms with Gasteiger partial charge in [-0.15, -0.1) is 0 Å². The van der Waals surface area contributed by atoms with Gasteiger partial charge in [-0.2, -0.15) is 0 Å². The molecule has 0 amide bonds. The molecule has 0 saturated heterocycles. The van der Waals surface area contributed by atoms with E-state index in [0.29, 0.717) is 11.9 Å². The van der Waals surface area contributed by atoms with Crippen molar-refractivity contribution in [3.63, 3.8) is 0 Å². The van der Waals surface area contributed by atoms with Crippen LogP contribution in [0.2, 0.25) is 0 Å². The van der Waals surface area contributed by atoms with Crippen molar-refractivity contribution in [2.24, 2.45) is 0 Å². The first-order chi connectivity index (χ1) is 13.6. The standard InChI is InChI=1S/C16H14N4O8S/c1-10(16(21)22)17(9-11-4-2-3-5-13(11)19(25)26)29-15-7-6-12(18(23)24)8-14(15)20(27)28/h2-8,10H,9H2,1H3,(H,21,22)/t10-/m0/s1. The lowest BCUT2D eigenvalue weighted by Crippen LogP contribution is -2.33. The normalized spacial score (nSPS) is 11.8. The molecule has 13 heteroatoms. The molecule has 1 N–H and O–H groups in total. The first-order valence-corrected chi connectivity index (χ1v) is 8.71. The summed E-state index contributed by atoms with van der Waals surface area (Å²) in [6, 6.07) is 7.52. The number of carbonyl (C=O) groups is 1. The molecular formula is C16H14N4O8S. The Morgan fingerprint density at radius 3 is 2.21 bits per heavy atom. The van der Waals surface area contributed by atoms with E-state index in [-0.39, 0.29) is 22.7 Å². The Balaban J connectivity index is 2.45. The van der Waals surface area contributed by atoms with Gasteiger partial charge in [-0.3, -0.25) is 35.1 Å². The average Bonchev–Trinajstić information content (AvgIpc) is 2.66. The summed E-state index contributed by atoms with van der Waals surface area (Å²) >= 11 is 0.681. The van der Waals surface area contributed by atoms with Gasteiger partial charge < -0.3 is 5.11 Å². The summed E-state index contributed by atoms with van der Waals surface area (Å²) in [4.78, 5) is 42.7. The maximum absolute atomic E-state index is 11.5. The molecule has 0 saturated carbocycles. The molecular weight excluding hydrogens is 408 g/mol. The lowest BCUT2D eigenvalue weighted by molar-refractivity contribution is -0.396. The van der Waals surface area contributed by atoms with Crippen molar-refractivity contribution in [3.05, 3.63) is 78.4 Å². The molecule has 0 aliphatic rings. The van der Waals surface area contributed by atoms with Gasteiger partial charge in [0.1, 0.15) is 10.9 Å². The van der Waals surface area contributed by atoms with E-state index in [2.05, 4.69) is 0 Å². The van der Waals surface area contributed by atoms with Crippen LogP contribution >= 0.6 is 11.9 Å². The van der Waals surface area contributed by atoms with Crippen molar-refractivity contribution in [2.45, 2.75) is 24.4 Å².